The lowest BCUT2D eigenvalue weighted by atomic mass is 10.2. The number of nitrogens with zero attached hydrogens (tertiary/aromatic N) is 2. The maximum absolute atomic E-state index is 13.3. The lowest BCUT2D eigenvalue weighted by Gasteiger charge is -2.36. The van der Waals surface area contributed by atoms with E-state index in [0.717, 1.165) is 0 Å². The lowest BCUT2D eigenvalue weighted by molar-refractivity contribution is -0.139. The highest BCUT2D eigenvalue weighted by molar-refractivity contribution is 7.92. The molecule has 1 aliphatic rings. The molecule has 32 heavy (non-hydrogen) atoms. The smallest absolute Gasteiger partial charge is 0.261 e. The summed E-state index contributed by atoms with van der Waals surface area (Å²) in [4.78, 5) is 40.9. The molecular weight excluding hydrogens is 454 g/mol. The van der Waals surface area contributed by atoms with Gasteiger partial charge in [0.2, 0.25) is 21.1 Å². The van der Waals surface area contributed by atoms with Gasteiger partial charge in [0.25, 0.3) is 11.8 Å². The highest BCUT2D eigenvalue weighted by Crippen LogP contribution is 2.18. The number of hydrogen-bond acceptors (Lipinski definition) is 5. The Morgan fingerprint density at radius 1 is 0.938 bits per heavy atom. The van der Waals surface area contributed by atoms with E-state index in [0.29, 0.717) is 24.5 Å². The minimum absolute atomic E-state index is 0.0263. The summed E-state index contributed by atoms with van der Waals surface area (Å²) in [6, 6.07) is 13.4. The van der Waals surface area contributed by atoms with Crippen LogP contribution >= 0.6 is 11.6 Å². The number of hydrogen-bond donors (Lipinski definition) is 1. The SMILES string of the molecule is CCC(=O)N1CCN(C(=O)C(NC(=O)c2ccc(Cl)cc2)S(=O)(=O)c2ccccc2)CC1. The molecule has 0 bridgehead atoms. The molecule has 2 aromatic rings. The number of amides is 3. The Morgan fingerprint density at radius 2 is 1.50 bits per heavy atom. The topological polar surface area (TPSA) is 104 Å². The fourth-order valence-corrected chi connectivity index (χ4v) is 5.00. The van der Waals surface area contributed by atoms with Crippen LogP contribution in [0.3, 0.4) is 0 Å². The molecule has 1 heterocycles. The maximum Gasteiger partial charge on any atom is 0.261 e. The van der Waals surface area contributed by atoms with Crippen molar-refractivity contribution in [1.29, 1.82) is 0 Å². The zero-order chi connectivity index (χ0) is 23.3. The molecule has 1 unspecified atom stereocenters. The van der Waals surface area contributed by atoms with Gasteiger partial charge in [-0.2, -0.15) is 0 Å². The largest absolute Gasteiger partial charge is 0.339 e. The van der Waals surface area contributed by atoms with Gasteiger partial charge in [-0.05, 0) is 36.4 Å². The molecule has 0 spiro atoms. The molecular formula is C22H24ClN3O5S. The number of benzene rings is 2. The molecule has 8 nitrogen and oxygen atoms in total. The van der Waals surface area contributed by atoms with E-state index >= 15 is 0 Å². The van der Waals surface area contributed by atoms with Crippen molar-refractivity contribution >= 4 is 39.2 Å². The summed E-state index contributed by atoms with van der Waals surface area (Å²) in [6.07, 6.45) is 0.357. The van der Waals surface area contributed by atoms with Gasteiger partial charge < -0.3 is 15.1 Å². The van der Waals surface area contributed by atoms with E-state index in [2.05, 4.69) is 5.32 Å². The van der Waals surface area contributed by atoms with Crippen LogP contribution in [0, 0.1) is 0 Å². The van der Waals surface area contributed by atoms with Gasteiger partial charge in [-0.1, -0.05) is 36.7 Å². The van der Waals surface area contributed by atoms with Crippen LogP contribution in [-0.2, 0) is 19.4 Å². The Hall–Kier alpha value is -2.91. The summed E-state index contributed by atoms with van der Waals surface area (Å²) in [5, 5.41) is 1.01. The summed E-state index contributed by atoms with van der Waals surface area (Å²) in [7, 11) is -4.23. The van der Waals surface area contributed by atoms with Crippen LogP contribution in [0.5, 0.6) is 0 Å². The molecule has 1 saturated heterocycles. The maximum atomic E-state index is 13.3. The summed E-state index contributed by atoms with van der Waals surface area (Å²) in [5.41, 5.74) is 0.175. The van der Waals surface area contributed by atoms with E-state index in [-0.39, 0.29) is 29.5 Å². The summed E-state index contributed by atoms with van der Waals surface area (Å²) >= 11 is 5.85. The van der Waals surface area contributed by atoms with Crippen LogP contribution in [-0.4, -0.2) is 67.5 Å². The van der Waals surface area contributed by atoms with Gasteiger partial charge in [-0.25, -0.2) is 8.42 Å². The van der Waals surface area contributed by atoms with E-state index in [1.165, 1.54) is 41.3 Å². The molecule has 3 amide bonds. The zero-order valence-electron chi connectivity index (χ0n) is 17.5. The van der Waals surface area contributed by atoms with Gasteiger partial charge in [-0.15, -0.1) is 0 Å². The fraction of sp³-hybridized carbons (Fsp3) is 0.318. The number of piperazine rings is 1. The highest BCUT2D eigenvalue weighted by Gasteiger charge is 2.39. The van der Waals surface area contributed by atoms with Crippen molar-refractivity contribution < 1.29 is 22.8 Å². The predicted molar refractivity (Wildman–Crippen MR) is 120 cm³/mol. The Kier molecular flexibility index (Phi) is 7.52. The second kappa shape index (κ2) is 10.1. The molecule has 2 aromatic carbocycles. The predicted octanol–water partition coefficient (Wildman–Crippen LogP) is 1.95. The fourth-order valence-electron chi connectivity index (χ4n) is 3.39. The summed E-state index contributed by atoms with van der Waals surface area (Å²) in [6.45, 7) is 2.74. The number of halogens is 1. The van der Waals surface area contributed by atoms with Crippen molar-refractivity contribution in [1.82, 2.24) is 15.1 Å². The van der Waals surface area contributed by atoms with E-state index in [9.17, 15) is 22.8 Å². The molecule has 0 saturated carbocycles. The van der Waals surface area contributed by atoms with Gasteiger partial charge in [-0.3, -0.25) is 14.4 Å². The third-order valence-corrected chi connectivity index (χ3v) is 7.34. The van der Waals surface area contributed by atoms with Crippen LogP contribution in [0.25, 0.3) is 0 Å². The van der Waals surface area contributed by atoms with E-state index in [1.54, 1.807) is 30.0 Å². The standard InChI is InChI=1S/C22H24ClN3O5S/c1-2-19(27)25-12-14-26(15-13-25)22(29)21(32(30,31)18-6-4-3-5-7-18)24-20(28)16-8-10-17(23)11-9-16/h3-11,21H,2,12-15H2,1H3,(H,24,28). The van der Waals surface area contributed by atoms with Gasteiger partial charge >= 0.3 is 0 Å². The van der Waals surface area contributed by atoms with Crippen LogP contribution in [0.1, 0.15) is 23.7 Å². The lowest BCUT2D eigenvalue weighted by Crippen LogP contribution is -2.57. The van der Waals surface area contributed by atoms with Crippen LogP contribution in [0.2, 0.25) is 5.02 Å². The molecule has 3 rings (SSSR count). The van der Waals surface area contributed by atoms with Crippen molar-refractivity contribution in [2.75, 3.05) is 26.2 Å². The van der Waals surface area contributed by atoms with Crippen molar-refractivity contribution in [3.05, 3.63) is 65.2 Å². The minimum atomic E-state index is -4.23. The Morgan fingerprint density at radius 3 is 2.06 bits per heavy atom. The first-order chi connectivity index (χ1) is 15.2. The minimum Gasteiger partial charge on any atom is -0.339 e. The molecule has 0 radical (unpaired) electrons. The van der Waals surface area contributed by atoms with E-state index in [4.69, 9.17) is 11.6 Å². The Balaban J connectivity index is 1.87. The average Bonchev–Trinajstić information content (AvgIpc) is 2.82. The zero-order valence-corrected chi connectivity index (χ0v) is 19.1. The molecule has 10 heteroatoms. The van der Waals surface area contributed by atoms with Crippen LogP contribution in [0.4, 0.5) is 0 Å². The normalized spacial score (nSPS) is 15.2. The van der Waals surface area contributed by atoms with Crippen LogP contribution in [0.15, 0.2) is 59.5 Å². The molecule has 170 valence electrons. The molecule has 1 N–H and O–H groups in total. The molecule has 0 aliphatic carbocycles. The van der Waals surface area contributed by atoms with Crippen molar-refractivity contribution in [3.63, 3.8) is 0 Å². The molecule has 1 aliphatic heterocycles. The van der Waals surface area contributed by atoms with Gasteiger partial charge in [0.15, 0.2) is 0 Å². The molecule has 1 atom stereocenters. The third-order valence-electron chi connectivity index (χ3n) is 5.22. The average molecular weight is 478 g/mol. The second-order valence-electron chi connectivity index (χ2n) is 7.28. The van der Waals surface area contributed by atoms with Gasteiger partial charge in [0, 0.05) is 43.2 Å². The second-order valence-corrected chi connectivity index (χ2v) is 9.75. The number of rotatable bonds is 6. The monoisotopic (exact) mass is 477 g/mol. The van der Waals surface area contributed by atoms with Crippen molar-refractivity contribution in [3.8, 4) is 0 Å². The van der Waals surface area contributed by atoms with Crippen LogP contribution < -0.4 is 5.32 Å². The molecule has 0 aromatic heterocycles. The van der Waals surface area contributed by atoms with Crippen molar-refractivity contribution in [2.24, 2.45) is 0 Å². The summed E-state index contributed by atoms with van der Waals surface area (Å²) < 4.78 is 26.6. The Labute approximate surface area is 192 Å². The molecule has 1 fully saturated rings. The van der Waals surface area contributed by atoms with Crippen molar-refractivity contribution in [2.45, 2.75) is 23.6 Å². The highest BCUT2D eigenvalue weighted by atomic mass is 35.5. The number of nitrogens with one attached hydrogen (secondary N) is 1. The Bertz CT molecular complexity index is 1080. The number of carbonyl (C=O) groups excluding carboxylic acids is 3. The van der Waals surface area contributed by atoms with E-state index < -0.39 is 27.0 Å². The quantitative estimate of drug-likeness (QED) is 0.684. The van der Waals surface area contributed by atoms with Gasteiger partial charge in [0.05, 0.1) is 4.90 Å². The first kappa shape index (κ1) is 23.7. The van der Waals surface area contributed by atoms with Gasteiger partial charge in [0.1, 0.15) is 0 Å². The first-order valence-electron chi connectivity index (χ1n) is 10.2. The first-order valence-corrected chi connectivity index (χ1v) is 12.1. The van der Waals surface area contributed by atoms with E-state index in [1.807, 2.05) is 0 Å². The number of sulfone groups is 1. The third kappa shape index (κ3) is 5.28. The summed E-state index contributed by atoms with van der Waals surface area (Å²) in [5.74, 6) is -1.47. The number of carbonyl (C=O) groups is 3.